The summed E-state index contributed by atoms with van der Waals surface area (Å²) in [6.07, 6.45) is 2.56. The predicted octanol–water partition coefficient (Wildman–Crippen LogP) is -0.919. The first-order valence-corrected chi connectivity index (χ1v) is 1.84. The molecule has 0 aromatic carbocycles. The molecule has 1 heterocycles. The Hall–Kier alpha value is -0.660. The van der Waals surface area contributed by atoms with Crippen LogP contribution in [0.25, 0.3) is 0 Å². The Balaban J connectivity index is 2.38. The molecule has 0 atom stereocenters. The maximum Gasteiger partial charge on any atom is 0.534 e. The van der Waals surface area contributed by atoms with E-state index in [-0.39, 0.29) is 0 Å². The molecule has 0 amide bonds. The molecule has 3 nitrogen and oxygen atoms in total. The summed E-state index contributed by atoms with van der Waals surface area (Å²) in [5.41, 5.74) is 0. The molecule has 0 aromatic heterocycles. The van der Waals surface area contributed by atoms with Crippen LogP contribution >= 0.6 is 0 Å². The Bertz CT molecular complexity index is 68.4. The largest absolute Gasteiger partial charge is 0.534 e. The summed E-state index contributed by atoms with van der Waals surface area (Å²) in [6, 6.07) is 0. The van der Waals surface area contributed by atoms with Gasteiger partial charge < -0.3 is 0 Å². The maximum atomic E-state index is 5.16. The number of nitrogens with zero attached hydrogens (tertiary/aromatic N) is 2. The van der Waals surface area contributed by atoms with Crippen molar-refractivity contribution in [2.24, 2.45) is 10.8 Å². The molecule has 0 aliphatic carbocycles. The second kappa shape index (κ2) is 1.20. The monoisotopic (exact) mass is 84.1 g/mol. The molecule has 0 bridgehead atoms. The van der Waals surface area contributed by atoms with Gasteiger partial charge in [0.25, 0.3) is 0 Å². The molecule has 0 spiro atoms. The Morgan fingerprint density at radius 3 is 2.83 bits per heavy atom. The van der Waals surface area contributed by atoms with Gasteiger partial charge in [-0.15, -0.1) is 0 Å². The molecule has 1 aliphatic heterocycles. The number of hydrogen-bond donors (Lipinski definition) is 1. The Kier molecular flexibility index (Phi) is 0.708. The van der Waals surface area contributed by atoms with Crippen LogP contribution in [0, 0.1) is 0 Å². The molecule has 2 N–H and O–H groups in total. The van der Waals surface area contributed by atoms with Gasteiger partial charge in [0.15, 0.2) is 0 Å². The van der Waals surface area contributed by atoms with Gasteiger partial charge in [0.2, 0.25) is 0 Å². The standard InChI is InChI=1S/C3H6N3/c4-6-2-1-5-3-6/h1-2,4H2/q+1. The SMILES string of the molecule is NN1[C+]=NCC1. The van der Waals surface area contributed by atoms with E-state index in [0.717, 1.165) is 13.1 Å². The fraction of sp³-hybridized carbons (Fsp3) is 0.667. The van der Waals surface area contributed by atoms with Crippen LogP contribution in [0.2, 0.25) is 0 Å². The van der Waals surface area contributed by atoms with E-state index < -0.39 is 0 Å². The number of rotatable bonds is 0. The predicted molar refractivity (Wildman–Crippen MR) is 23.2 cm³/mol. The molecule has 0 saturated carbocycles. The van der Waals surface area contributed by atoms with Crippen molar-refractivity contribution in [3.8, 4) is 0 Å². The van der Waals surface area contributed by atoms with Gasteiger partial charge in [0.1, 0.15) is 13.1 Å². The molecule has 32 valence electrons. The van der Waals surface area contributed by atoms with Crippen LogP contribution < -0.4 is 5.84 Å². The van der Waals surface area contributed by atoms with Crippen LogP contribution in [0.1, 0.15) is 0 Å². The number of aliphatic imine (C=N–C) groups is 1. The fourth-order valence-electron chi connectivity index (χ4n) is 0.349. The molecular weight excluding hydrogens is 78.1 g/mol. The normalized spacial score (nSPS) is 18.5. The minimum atomic E-state index is 0.802. The Morgan fingerprint density at radius 2 is 2.67 bits per heavy atom. The Labute approximate surface area is 36.4 Å². The zero-order chi connectivity index (χ0) is 4.41. The van der Waals surface area contributed by atoms with E-state index in [1.54, 1.807) is 0 Å². The molecule has 0 saturated heterocycles. The van der Waals surface area contributed by atoms with Gasteiger partial charge in [-0.1, -0.05) is 5.01 Å². The number of hydrazine groups is 1. The lowest BCUT2D eigenvalue weighted by atomic mass is 10.7. The average Bonchev–Trinajstić information content (AvgIpc) is 1.86. The average molecular weight is 84.1 g/mol. The van der Waals surface area contributed by atoms with Gasteiger partial charge >= 0.3 is 6.34 Å². The molecule has 0 radical (unpaired) electrons. The van der Waals surface area contributed by atoms with E-state index in [1.165, 1.54) is 5.01 Å². The lowest BCUT2D eigenvalue weighted by Crippen LogP contribution is -2.26. The fourth-order valence-corrected chi connectivity index (χ4v) is 0.349. The van der Waals surface area contributed by atoms with E-state index in [0.29, 0.717) is 0 Å². The maximum absolute atomic E-state index is 5.16. The summed E-state index contributed by atoms with van der Waals surface area (Å²) in [7, 11) is 0. The van der Waals surface area contributed by atoms with Crippen molar-refractivity contribution < 1.29 is 0 Å². The van der Waals surface area contributed by atoms with Crippen molar-refractivity contribution in [1.29, 1.82) is 0 Å². The first-order chi connectivity index (χ1) is 2.89. The van der Waals surface area contributed by atoms with Gasteiger partial charge in [-0.25, -0.2) is 5.84 Å². The van der Waals surface area contributed by atoms with Crippen molar-refractivity contribution in [2.75, 3.05) is 13.1 Å². The third-order valence-electron chi connectivity index (χ3n) is 0.652. The highest BCUT2D eigenvalue weighted by atomic mass is 15.4. The van der Waals surface area contributed by atoms with Gasteiger partial charge in [0.05, 0.1) is 0 Å². The van der Waals surface area contributed by atoms with Gasteiger partial charge in [-0.3, -0.25) is 0 Å². The third-order valence-corrected chi connectivity index (χ3v) is 0.652. The molecule has 0 aromatic rings. The summed E-state index contributed by atoms with van der Waals surface area (Å²) in [5, 5.41) is 1.44. The molecule has 1 rings (SSSR count). The van der Waals surface area contributed by atoms with Crippen molar-refractivity contribution in [2.45, 2.75) is 0 Å². The smallest absolute Gasteiger partial charge is 0.203 e. The number of nitrogens with two attached hydrogens (primary N) is 1. The molecule has 0 unspecified atom stereocenters. The second-order valence-corrected chi connectivity index (χ2v) is 1.18. The topological polar surface area (TPSA) is 41.6 Å². The summed E-state index contributed by atoms with van der Waals surface area (Å²) in [4.78, 5) is 3.72. The quantitative estimate of drug-likeness (QED) is 0.304. The molecule has 3 heteroatoms. The van der Waals surface area contributed by atoms with Gasteiger partial charge in [-0.05, 0) is 4.99 Å². The van der Waals surface area contributed by atoms with Crippen molar-refractivity contribution >= 4 is 6.34 Å². The van der Waals surface area contributed by atoms with Crippen LogP contribution in [-0.2, 0) is 0 Å². The summed E-state index contributed by atoms with van der Waals surface area (Å²) in [5.74, 6) is 5.16. The van der Waals surface area contributed by atoms with E-state index in [2.05, 4.69) is 11.3 Å². The lowest BCUT2D eigenvalue weighted by Gasteiger charge is -1.83. The zero-order valence-electron chi connectivity index (χ0n) is 3.39. The second-order valence-electron chi connectivity index (χ2n) is 1.18. The minimum Gasteiger partial charge on any atom is -0.203 e. The van der Waals surface area contributed by atoms with E-state index in [9.17, 15) is 0 Å². The summed E-state index contributed by atoms with van der Waals surface area (Å²) >= 11 is 0. The highest BCUT2D eigenvalue weighted by Gasteiger charge is 2.14. The van der Waals surface area contributed by atoms with Gasteiger partial charge in [0, 0.05) is 0 Å². The zero-order valence-corrected chi connectivity index (χ0v) is 3.39. The van der Waals surface area contributed by atoms with Gasteiger partial charge in [-0.2, -0.15) is 0 Å². The van der Waals surface area contributed by atoms with Crippen LogP contribution in [0.15, 0.2) is 4.99 Å². The highest BCUT2D eigenvalue weighted by molar-refractivity contribution is 5.55. The molecule has 0 fully saturated rings. The summed E-state index contributed by atoms with van der Waals surface area (Å²) in [6.45, 7) is 1.62. The summed E-state index contributed by atoms with van der Waals surface area (Å²) < 4.78 is 0. The lowest BCUT2D eigenvalue weighted by molar-refractivity contribution is 0.495. The van der Waals surface area contributed by atoms with Crippen LogP contribution in [-0.4, -0.2) is 24.4 Å². The van der Waals surface area contributed by atoms with Crippen LogP contribution in [0.5, 0.6) is 0 Å². The van der Waals surface area contributed by atoms with Crippen LogP contribution in [0.3, 0.4) is 0 Å². The Morgan fingerprint density at radius 1 is 1.83 bits per heavy atom. The minimum absolute atomic E-state index is 0.802. The highest BCUT2D eigenvalue weighted by Crippen LogP contribution is 1.81. The first kappa shape index (κ1) is 3.53. The van der Waals surface area contributed by atoms with E-state index in [4.69, 9.17) is 5.84 Å². The van der Waals surface area contributed by atoms with Crippen LogP contribution in [0.4, 0.5) is 0 Å². The molecular formula is C3H6N3+. The van der Waals surface area contributed by atoms with Crippen molar-refractivity contribution in [1.82, 2.24) is 5.01 Å². The first-order valence-electron chi connectivity index (χ1n) is 1.84. The van der Waals surface area contributed by atoms with E-state index in [1.807, 2.05) is 0 Å². The third kappa shape index (κ3) is 0.455. The van der Waals surface area contributed by atoms with Crippen molar-refractivity contribution in [3.05, 3.63) is 0 Å². The van der Waals surface area contributed by atoms with E-state index >= 15 is 0 Å². The molecule has 6 heavy (non-hydrogen) atoms. The van der Waals surface area contributed by atoms with Crippen molar-refractivity contribution in [3.63, 3.8) is 0 Å². The number of hydrogen-bond acceptors (Lipinski definition) is 3. The molecule has 1 aliphatic rings.